The number of methoxy groups -OCH3 is 1. The molecule has 1 atom stereocenters. The number of carboxylic acids is 1. The monoisotopic (exact) mass is 353 g/mol. The summed E-state index contributed by atoms with van der Waals surface area (Å²) in [5.41, 5.74) is 0.859. The third kappa shape index (κ3) is 3.80. The van der Waals surface area contributed by atoms with Crippen molar-refractivity contribution in [3.63, 3.8) is 0 Å². The van der Waals surface area contributed by atoms with E-state index in [1.165, 1.54) is 7.11 Å². The molecule has 0 radical (unpaired) electrons. The second-order valence-electron chi connectivity index (χ2n) is 4.81. The first-order valence-corrected chi connectivity index (χ1v) is 7.86. The van der Waals surface area contributed by atoms with Crippen molar-refractivity contribution in [3.8, 4) is 5.75 Å². The first-order chi connectivity index (χ1) is 10.8. The van der Waals surface area contributed by atoms with Crippen LogP contribution < -0.4 is 15.2 Å². The Balaban J connectivity index is 2.15. The summed E-state index contributed by atoms with van der Waals surface area (Å²) in [6, 6.07) is 4.88. The van der Waals surface area contributed by atoms with Crippen molar-refractivity contribution in [3.05, 3.63) is 38.8 Å². The number of aryl methyl sites for hydroxylation is 1. The van der Waals surface area contributed by atoms with E-state index < -0.39 is 11.9 Å². The molecule has 1 aromatic carbocycles. The number of aromatic carboxylic acids is 1. The zero-order valence-electron chi connectivity index (χ0n) is 12.7. The highest BCUT2D eigenvalue weighted by atomic mass is 35.5. The number of carbonyl (C=O) groups excluding carboxylic acids is 2. The lowest BCUT2D eigenvalue weighted by molar-refractivity contribution is -0.254. The number of anilines is 1. The standard InChI is InChI=1S/C15H15ClN2O4S/c1-7(14-17-8(2)12(23-14)15(20)21)13(19)18-9-4-5-11(22-3)10(16)6-9/h4-7H,1-3H3,(H,18,19)(H,20,21)/p-1/t7-/m1/s1. The van der Waals surface area contributed by atoms with Gasteiger partial charge in [-0.2, -0.15) is 0 Å². The fraction of sp³-hybridized carbons (Fsp3) is 0.267. The van der Waals surface area contributed by atoms with Gasteiger partial charge in [0, 0.05) is 5.69 Å². The van der Waals surface area contributed by atoms with E-state index in [1.807, 2.05) is 0 Å². The van der Waals surface area contributed by atoms with Crippen LogP contribution in [0.4, 0.5) is 5.69 Å². The lowest BCUT2D eigenvalue weighted by Gasteiger charge is -2.11. The number of thiazole rings is 1. The van der Waals surface area contributed by atoms with Crippen LogP contribution in [0.3, 0.4) is 0 Å². The number of hydrogen-bond donors (Lipinski definition) is 1. The lowest BCUT2D eigenvalue weighted by atomic mass is 10.1. The number of aromatic nitrogens is 1. The Labute approximate surface area is 142 Å². The molecule has 0 aliphatic heterocycles. The maximum atomic E-state index is 12.3. The van der Waals surface area contributed by atoms with Crippen LogP contribution in [0, 0.1) is 6.92 Å². The first-order valence-electron chi connectivity index (χ1n) is 6.66. The van der Waals surface area contributed by atoms with Crippen molar-refractivity contribution in [2.24, 2.45) is 0 Å². The van der Waals surface area contributed by atoms with Crippen molar-refractivity contribution in [2.45, 2.75) is 19.8 Å². The summed E-state index contributed by atoms with van der Waals surface area (Å²) in [5, 5.41) is 14.5. The molecule has 0 spiro atoms. The largest absolute Gasteiger partial charge is 0.544 e. The fourth-order valence-electron chi connectivity index (χ4n) is 1.90. The topological polar surface area (TPSA) is 91.3 Å². The number of nitrogens with one attached hydrogen (secondary N) is 1. The SMILES string of the molecule is COc1ccc(NC(=O)[C@@H](C)c2nc(C)c(C(=O)[O-])s2)cc1Cl. The number of halogens is 1. The Morgan fingerprint density at radius 3 is 2.65 bits per heavy atom. The molecule has 8 heteroatoms. The van der Waals surface area contributed by atoms with Gasteiger partial charge >= 0.3 is 0 Å². The van der Waals surface area contributed by atoms with E-state index in [0.29, 0.717) is 27.2 Å². The van der Waals surface area contributed by atoms with E-state index >= 15 is 0 Å². The van der Waals surface area contributed by atoms with Gasteiger partial charge in [-0.05, 0) is 32.0 Å². The van der Waals surface area contributed by atoms with Crippen LogP contribution >= 0.6 is 22.9 Å². The number of benzene rings is 1. The quantitative estimate of drug-likeness (QED) is 0.889. The average Bonchev–Trinajstić information content (AvgIpc) is 2.88. The minimum Gasteiger partial charge on any atom is -0.544 e. The molecule has 1 amide bonds. The van der Waals surface area contributed by atoms with Crippen LogP contribution in [0.5, 0.6) is 5.75 Å². The van der Waals surface area contributed by atoms with E-state index in [0.717, 1.165) is 11.3 Å². The van der Waals surface area contributed by atoms with Crippen molar-refractivity contribution < 1.29 is 19.4 Å². The molecule has 1 heterocycles. The highest BCUT2D eigenvalue weighted by Gasteiger charge is 2.21. The van der Waals surface area contributed by atoms with Crippen molar-refractivity contribution in [1.82, 2.24) is 4.98 Å². The molecule has 0 aliphatic carbocycles. The minimum absolute atomic E-state index is 0.0344. The number of ether oxygens (including phenoxy) is 1. The average molecular weight is 354 g/mol. The van der Waals surface area contributed by atoms with Crippen LogP contribution in [0.25, 0.3) is 0 Å². The molecule has 6 nitrogen and oxygen atoms in total. The van der Waals surface area contributed by atoms with Gasteiger partial charge in [0.2, 0.25) is 5.91 Å². The third-order valence-corrected chi connectivity index (χ3v) is 4.80. The molecule has 0 saturated heterocycles. The van der Waals surface area contributed by atoms with Crippen molar-refractivity contribution in [2.75, 3.05) is 12.4 Å². The number of rotatable bonds is 5. The van der Waals surface area contributed by atoms with Gasteiger partial charge in [0.25, 0.3) is 0 Å². The normalized spacial score (nSPS) is 11.8. The Morgan fingerprint density at radius 2 is 2.13 bits per heavy atom. The molecule has 0 aliphatic rings. The Morgan fingerprint density at radius 1 is 1.43 bits per heavy atom. The summed E-state index contributed by atoms with van der Waals surface area (Å²) in [5.74, 6) is -1.70. The summed E-state index contributed by atoms with van der Waals surface area (Å²) in [4.78, 5) is 27.4. The van der Waals surface area contributed by atoms with Crippen molar-refractivity contribution >= 4 is 40.5 Å². The maximum Gasteiger partial charge on any atom is 0.234 e. The molecule has 2 rings (SSSR count). The third-order valence-electron chi connectivity index (χ3n) is 3.18. The van der Waals surface area contributed by atoms with E-state index in [-0.39, 0.29) is 10.8 Å². The molecule has 0 unspecified atom stereocenters. The Bertz CT molecular complexity index is 760. The number of carbonyl (C=O) groups is 2. The van der Waals surface area contributed by atoms with E-state index in [1.54, 1.807) is 32.0 Å². The summed E-state index contributed by atoms with van der Waals surface area (Å²) in [6.45, 7) is 3.22. The van der Waals surface area contributed by atoms with Gasteiger partial charge in [0.1, 0.15) is 10.8 Å². The van der Waals surface area contributed by atoms with Gasteiger partial charge in [0.05, 0.1) is 34.6 Å². The maximum absolute atomic E-state index is 12.3. The van der Waals surface area contributed by atoms with Crippen LogP contribution in [-0.2, 0) is 4.79 Å². The van der Waals surface area contributed by atoms with Gasteiger partial charge in [-0.25, -0.2) is 4.98 Å². The first kappa shape index (κ1) is 17.2. The highest BCUT2D eigenvalue weighted by Crippen LogP contribution is 2.29. The van der Waals surface area contributed by atoms with E-state index in [9.17, 15) is 14.7 Å². The predicted molar refractivity (Wildman–Crippen MR) is 86.2 cm³/mol. The minimum atomic E-state index is -1.29. The molecular weight excluding hydrogens is 340 g/mol. The van der Waals surface area contributed by atoms with Crippen LogP contribution in [0.1, 0.15) is 33.2 Å². The van der Waals surface area contributed by atoms with E-state index in [2.05, 4.69) is 10.3 Å². The molecule has 1 N–H and O–H groups in total. The molecule has 0 bridgehead atoms. The second kappa shape index (κ2) is 6.97. The number of nitrogens with zero attached hydrogens (tertiary/aromatic N) is 1. The van der Waals surface area contributed by atoms with Gasteiger partial charge in [-0.3, -0.25) is 4.79 Å². The molecule has 0 fully saturated rings. The van der Waals surface area contributed by atoms with Crippen LogP contribution in [-0.4, -0.2) is 24.0 Å². The summed E-state index contributed by atoms with van der Waals surface area (Å²) >= 11 is 6.95. The van der Waals surface area contributed by atoms with Crippen LogP contribution in [0.15, 0.2) is 18.2 Å². The number of amides is 1. The molecular formula is C15H14ClN2O4S-. The number of hydrogen-bond acceptors (Lipinski definition) is 6. The predicted octanol–water partition coefficient (Wildman–Crippen LogP) is 2.22. The van der Waals surface area contributed by atoms with Gasteiger partial charge < -0.3 is 20.0 Å². The van der Waals surface area contributed by atoms with Gasteiger partial charge in [0.15, 0.2) is 0 Å². The van der Waals surface area contributed by atoms with Gasteiger partial charge in [-0.15, -0.1) is 11.3 Å². The fourth-order valence-corrected chi connectivity index (χ4v) is 3.11. The molecule has 2 aromatic rings. The number of carboxylic acid groups (broad SMARTS) is 1. The van der Waals surface area contributed by atoms with Gasteiger partial charge in [-0.1, -0.05) is 11.6 Å². The van der Waals surface area contributed by atoms with Crippen LogP contribution in [0.2, 0.25) is 5.02 Å². The Kier molecular flexibility index (Phi) is 5.23. The molecule has 122 valence electrons. The second-order valence-corrected chi connectivity index (χ2v) is 6.25. The molecule has 0 saturated carbocycles. The Hall–Kier alpha value is -2.12. The zero-order valence-corrected chi connectivity index (χ0v) is 14.2. The smallest absolute Gasteiger partial charge is 0.234 e. The molecule has 1 aromatic heterocycles. The lowest BCUT2D eigenvalue weighted by Crippen LogP contribution is -2.21. The zero-order chi connectivity index (χ0) is 17.1. The summed E-state index contributed by atoms with van der Waals surface area (Å²) in [6.07, 6.45) is 0. The highest BCUT2D eigenvalue weighted by molar-refractivity contribution is 7.13. The van der Waals surface area contributed by atoms with E-state index in [4.69, 9.17) is 16.3 Å². The van der Waals surface area contributed by atoms with Crippen molar-refractivity contribution in [1.29, 1.82) is 0 Å². The summed E-state index contributed by atoms with van der Waals surface area (Å²) < 4.78 is 5.05. The molecule has 23 heavy (non-hydrogen) atoms. The summed E-state index contributed by atoms with van der Waals surface area (Å²) in [7, 11) is 1.50.